The summed E-state index contributed by atoms with van der Waals surface area (Å²) < 4.78 is 31.6. The Kier molecular flexibility index (Phi) is 5.00. The van der Waals surface area contributed by atoms with E-state index < -0.39 is 9.84 Å². The van der Waals surface area contributed by atoms with Crippen LogP contribution in [0.1, 0.15) is 11.1 Å². The zero-order chi connectivity index (χ0) is 17.7. The Labute approximate surface area is 148 Å². The molecule has 0 radical (unpaired) electrons. The predicted octanol–water partition coefficient (Wildman–Crippen LogP) is 4.67. The SMILES string of the molecule is COc1ccc(/C(=C\c2ccccc2)S(=O)(=O)c2ccccc2)cc1. The van der Waals surface area contributed by atoms with Crippen LogP contribution in [0.25, 0.3) is 11.0 Å². The lowest BCUT2D eigenvalue weighted by Crippen LogP contribution is -2.04. The van der Waals surface area contributed by atoms with Crippen molar-refractivity contribution in [2.75, 3.05) is 7.11 Å². The number of ether oxygens (including phenoxy) is 1. The highest BCUT2D eigenvalue weighted by Crippen LogP contribution is 2.31. The fraction of sp³-hybridized carbons (Fsp3) is 0.0476. The molecule has 3 nitrogen and oxygen atoms in total. The molecule has 0 amide bonds. The lowest BCUT2D eigenvalue weighted by molar-refractivity contribution is 0.415. The van der Waals surface area contributed by atoms with Crippen LogP contribution in [0.15, 0.2) is 89.8 Å². The van der Waals surface area contributed by atoms with Crippen molar-refractivity contribution in [2.24, 2.45) is 0 Å². The largest absolute Gasteiger partial charge is 0.497 e. The summed E-state index contributed by atoms with van der Waals surface area (Å²) in [4.78, 5) is 0.528. The second kappa shape index (κ2) is 7.36. The van der Waals surface area contributed by atoms with E-state index >= 15 is 0 Å². The smallest absolute Gasteiger partial charge is 0.207 e. The maximum absolute atomic E-state index is 13.2. The van der Waals surface area contributed by atoms with E-state index in [-0.39, 0.29) is 9.80 Å². The van der Waals surface area contributed by atoms with Gasteiger partial charge < -0.3 is 4.74 Å². The van der Waals surface area contributed by atoms with Crippen molar-refractivity contribution in [1.82, 2.24) is 0 Å². The molecule has 25 heavy (non-hydrogen) atoms. The van der Waals surface area contributed by atoms with Gasteiger partial charge in [-0.3, -0.25) is 0 Å². The van der Waals surface area contributed by atoms with Gasteiger partial charge in [-0.2, -0.15) is 0 Å². The van der Waals surface area contributed by atoms with Gasteiger partial charge in [-0.1, -0.05) is 48.5 Å². The third-order valence-corrected chi connectivity index (χ3v) is 5.64. The van der Waals surface area contributed by atoms with Crippen molar-refractivity contribution in [2.45, 2.75) is 4.90 Å². The summed E-state index contributed by atoms with van der Waals surface area (Å²) in [7, 11) is -2.07. The molecule has 0 fully saturated rings. The molecule has 0 saturated heterocycles. The minimum Gasteiger partial charge on any atom is -0.497 e. The van der Waals surface area contributed by atoms with E-state index in [9.17, 15) is 8.42 Å². The molecule has 4 heteroatoms. The molecule has 0 N–H and O–H groups in total. The van der Waals surface area contributed by atoms with Crippen LogP contribution in [-0.4, -0.2) is 15.5 Å². The molecule has 0 bridgehead atoms. The maximum Gasteiger partial charge on any atom is 0.207 e. The minimum atomic E-state index is -3.65. The highest BCUT2D eigenvalue weighted by molar-refractivity contribution is 8.00. The number of sulfone groups is 1. The Morgan fingerprint density at radius 3 is 1.92 bits per heavy atom. The summed E-state index contributed by atoms with van der Waals surface area (Å²) in [6.07, 6.45) is 1.70. The van der Waals surface area contributed by atoms with E-state index in [0.717, 1.165) is 5.56 Å². The summed E-state index contributed by atoms with van der Waals surface area (Å²) in [6.45, 7) is 0. The van der Waals surface area contributed by atoms with Crippen LogP contribution in [0.4, 0.5) is 0 Å². The predicted molar refractivity (Wildman–Crippen MR) is 101 cm³/mol. The molecule has 0 saturated carbocycles. The van der Waals surface area contributed by atoms with Gasteiger partial charge in [0.25, 0.3) is 0 Å². The standard InChI is InChI=1S/C21H18O3S/c1-24-19-14-12-18(13-15-19)21(16-17-8-4-2-5-9-17)25(22,23)20-10-6-3-7-11-20/h2-16H,1H3/b21-16+. The molecule has 0 atom stereocenters. The quantitative estimate of drug-likeness (QED) is 0.628. The Morgan fingerprint density at radius 2 is 1.36 bits per heavy atom. The van der Waals surface area contributed by atoms with Gasteiger partial charge in [0, 0.05) is 0 Å². The second-order valence-corrected chi connectivity index (χ2v) is 7.38. The molecule has 0 aliphatic rings. The molecule has 126 valence electrons. The molecule has 0 aromatic heterocycles. The molecule has 3 aromatic rings. The van der Waals surface area contributed by atoms with Crippen LogP contribution in [-0.2, 0) is 9.84 Å². The van der Waals surface area contributed by atoms with Crippen molar-refractivity contribution < 1.29 is 13.2 Å². The molecule has 0 aliphatic carbocycles. The van der Waals surface area contributed by atoms with Gasteiger partial charge in [-0.15, -0.1) is 0 Å². The number of hydrogen-bond acceptors (Lipinski definition) is 3. The second-order valence-electron chi connectivity index (χ2n) is 5.46. The highest BCUT2D eigenvalue weighted by Gasteiger charge is 2.22. The van der Waals surface area contributed by atoms with Gasteiger partial charge in [0.15, 0.2) is 0 Å². The maximum atomic E-state index is 13.2. The average molecular weight is 350 g/mol. The summed E-state index contributed by atoms with van der Waals surface area (Å²) in [6, 6.07) is 24.9. The molecule has 0 aliphatic heterocycles. The van der Waals surface area contributed by atoms with E-state index in [2.05, 4.69) is 0 Å². The monoisotopic (exact) mass is 350 g/mol. The number of hydrogen-bond donors (Lipinski definition) is 0. The van der Waals surface area contributed by atoms with Crippen LogP contribution in [0.3, 0.4) is 0 Å². The fourth-order valence-electron chi connectivity index (χ4n) is 2.50. The number of benzene rings is 3. The van der Waals surface area contributed by atoms with Crippen molar-refractivity contribution in [3.8, 4) is 5.75 Å². The first-order valence-electron chi connectivity index (χ1n) is 7.82. The summed E-state index contributed by atoms with van der Waals surface area (Å²) in [5.41, 5.74) is 1.45. The summed E-state index contributed by atoms with van der Waals surface area (Å²) in [5.74, 6) is 0.680. The lowest BCUT2D eigenvalue weighted by Gasteiger charge is -2.11. The van der Waals surface area contributed by atoms with Crippen molar-refractivity contribution in [3.63, 3.8) is 0 Å². The van der Waals surface area contributed by atoms with Crippen molar-refractivity contribution in [3.05, 3.63) is 96.1 Å². The van der Waals surface area contributed by atoms with Gasteiger partial charge in [0.2, 0.25) is 9.84 Å². The van der Waals surface area contributed by atoms with Crippen LogP contribution in [0.5, 0.6) is 5.75 Å². The normalized spacial score (nSPS) is 12.0. The van der Waals surface area contributed by atoms with Gasteiger partial charge in [0.05, 0.1) is 16.9 Å². The minimum absolute atomic E-state index is 0.257. The van der Waals surface area contributed by atoms with Gasteiger partial charge in [-0.25, -0.2) is 8.42 Å². The van der Waals surface area contributed by atoms with E-state index in [1.54, 1.807) is 67.8 Å². The molecule has 3 rings (SSSR count). The van der Waals surface area contributed by atoms with E-state index in [0.29, 0.717) is 11.3 Å². The van der Waals surface area contributed by atoms with Gasteiger partial charge >= 0.3 is 0 Å². The first kappa shape index (κ1) is 17.0. The summed E-state index contributed by atoms with van der Waals surface area (Å²) in [5, 5.41) is 0. The average Bonchev–Trinajstić information content (AvgIpc) is 2.67. The van der Waals surface area contributed by atoms with Crippen molar-refractivity contribution in [1.29, 1.82) is 0 Å². The molecule has 0 spiro atoms. The van der Waals surface area contributed by atoms with Gasteiger partial charge in [-0.05, 0) is 53.6 Å². The Hall–Kier alpha value is -2.85. The fourth-order valence-corrected chi connectivity index (χ4v) is 4.01. The van der Waals surface area contributed by atoms with E-state index in [1.807, 2.05) is 30.3 Å². The first-order chi connectivity index (χ1) is 12.1. The molecule has 3 aromatic carbocycles. The topological polar surface area (TPSA) is 43.4 Å². The number of rotatable bonds is 5. The van der Waals surface area contributed by atoms with E-state index in [4.69, 9.17) is 4.74 Å². The van der Waals surface area contributed by atoms with E-state index in [1.165, 1.54) is 0 Å². The van der Waals surface area contributed by atoms with Crippen LogP contribution in [0.2, 0.25) is 0 Å². The van der Waals surface area contributed by atoms with Gasteiger partial charge in [0.1, 0.15) is 5.75 Å². The molecule has 0 unspecified atom stereocenters. The third-order valence-electron chi connectivity index (χ3n) is 3.81. The molecular formula is C21H18O3S. The van der Waals surface area contributed by atoms with Crippen molar-refractivity contribution >= 4 is 20.8 Å². The first-order valence-corrected chi connectivity index (χ1v) is 9.31. The summed E-state index contributed by atoms with van der Waals surface area (Å²) >= 11 is 0. The van der Waals surface area contributed by atoms with Crippen LogP contribution < -0.4 is 4.74 Å². The lowest BCUT2D eigenvalue weighted by atomic mass is 10.1. The highest BCUT2D eigenvalue weighted by atomic mass is 32.2. The zero-order valence-corrected chi connectivity index (χ0v) is 14.6. The van der Waals surface area contributed by atoms with Crippen LogP contribution in [0, 0.1) is 0 Å². The Morgan fingerprint density at radius 1 is 0.800 bits per heavy atom. The number of methoxy groups -OCH3 is 1. The molecular weight excluding hydrogens is 332 g/mol. The Balaban J connectivity index is 2.17. The molecule has 0 heterocycles. The Bertz CT molecular complexity index is 959. The van der Waals surface area contributed by atoms with Crippen LogP contribution >= 0.6 is 0 Å². The zero-order valence-electron chi connectivity index (χ0n) is 13.8. The third kappa shape index (κ3) is 3.80.